The van der Waals surface area contributed by atoms with Gasteiger partial charge in [0.15, 0.2) is 0 Å². The molecule has 0 unspecified atom stereocenters. The molecular weight excluding hydrogens is 430 g/mol. The van der Waals surface area contributed by atoms with E-state index in [4.69, 9.17) is 0 Å². The maximum atomic E-state index is 12.6. The predicted molar refractivity (Wildman–Crippen MR) is 102 cm³/mol. The molecule has 0 radical (unpaired) electrons. The summed E-state index contributed by atoms with van der Waals surface area (Å²) < 4.78 is 75.9. The molecule has 0 saturated heterocycles. The standard InChI is InChI=1S/C19H18F6N4O2/c20-18(21,22)12-4-1-6-14(10-12)28-16(30)26-8-3-9-27-17(31)29-15-7-2-5-13(11-15)19(23,24)25/h1-2,4-7,10-11H,3,8-9H2,(H2,26,28,30)(H2,27,29,31). The Labute approximate surface area is 173 Å². The number of hydrogen-bond donors (Lipinski definition) is 4. The molecule has 0 bridgehead atoms. The molecular formula is C19H18F6N4O2. The Hall–Kier alpha value is -3.44. The number of amides is 4. The zero-order chi connectivity index (χ0) is 23.1. The molecule has 0 aliphatic rings. The number of hydrogen-bond acceptors (Lipinski definition) is 2. The summed E-state index contributed by atoms with van der Waals surface area (Å²) in [4.78, 5) is 23.5. The smallest absolute Gasteiger partial charge is 0.338 e. The van der Waals surface area contributed by atoms with Crippen LogP contribution in [0.25, 0.3) is 0 Å². The van der Waals surface area contributed by atoms with Crippen LogP contribution in [0.2, 0.25) is 0 Å². The number of carbonyl (C=O) groups is 2. The zero-order valence-corrected chi connectivity index (χ0v) is 15.8. The van der Waals surface area contributed by atoms with Crippen molar-refractivity contribution in [1.82, 2.24) is 10.6 Å². The molecule has 2 aromatic carbocycles. The van der Waals surface area contributed by atoms with Gasteiger partial charge in [-0.05, 0) is 42.8 Å². The van der Waals surface area contributed by atoms with E-state index < -0.39 is 35.5 Å². The zero-order valence-electron chi connectivity index (χ0n) is 15.8. The van der Waals surface area contributed by atoms with Crippen LogP contribution in [-0.2, 0) is 12.4 Å². The van der Waals surface area contributed by atoms with Crippen LogP contribution >= 0.6 is 0 Å². The lowest BCUT2D eigenvalue weighted by Gasteiger charge is -2.12. The molecule has 6 nitrogen and oxygen atoms in total. The molecule has 168 valence electrons. The van der Waals surface area contributed by atoms with Gasteiger partial charge in [0.05, 0.1) is 11.1 Å². The van der Waals surface area contributed by atoms with Gasteiger partial charge in [0.2, 0.25) is 0 Å². The van der Waals surface area contributed by atoms with E-state index in [2.05, 4.69) is 21.3 Å². The highest BCUT2D eigenvalue weighted by atomic mass is 19.4. The van der Waals surface area contributed by atoms with Crippen molar-refractivity contribution in [2.45, 2.75) is 18.8 Å². The first-order chi connectivity index (χ1) is 14.4. The monoisotopic (exact) mass is 448 g/mol. The fourth-order valence-corrected chi connectivity index (χ4v) is 2.39. The molecule has 2 aromatic rings. The van der Waals surface area contributed by atoms with Gasteiger partial charge in [-0.2, -0.15) is 26.3 Å². The van der Waals surface area contributed by atoms with Gasteiger partial charge in [0.25, 0.3) is 0 Å². The third kappa shape index (κ3) is 8.07. The summed E-state index contributed by atoms with van der Waals surface area (Å²) in [5.41, 5.74) is -1.88. The summed E-state index contributed by atoms with van der Waals surface area (Å²) in [5.74, 6) is 0. The van der Waals surface area contributed by atoms with Crippen LogP contribution in [0.5, 0.6) is 0 Å². The second kappa shape index (κ2) is 10.0. The van der Waals surface area contributed by atoms with E-state index >= 15 is 0 Å². The summed E-state index contributed by atoms with van der Waals surface area (Å²) in [6.45, 7) is 0.184. The second-order valence-electron chi connectivity index (χ2n) is 6.27. The Bertz CT molecular complexity index is 841. The fraction of sp³-hybridized carbons (Fsp3) is 0.263. The molecule has 0 heterocycles. The molecule has 0 spiro atoms. The molecule has 0 atom stereocenters. The van der Waals surface area contributed by atoms with Crippen molar-refractivity contribution in [2.75, 3.05) is 23.7 Å². The normalized spacial score (nSPS) is 11.5. The Morgan fingerprint density at radius 3 is 1.42 bits per heavy atom. The summed E-state index contributed by atoms with van der Waals surface area (Å²) in [6.07, 6.45) is -8.80. The number of carbonyl (C=O) groups excluding carboxylic acids is 2. The minimum Gasteiger partial charge on any atom is -0.338 e. The molecule has 0 saturated carbocycles. The molecule has 0 fully saturated rings. The van der Waals surface area contributed by atoms with Crippen molar-refractivity contribution >= 4 is 23.4 Å². The highest BCUT2D eigenvalue weighted by Crippen LogP contribution is 2.31. The highest BCUT2D eigenvalue weighted by molar-refractivity contribution is 5.90. The Kier molecular flexibility index (Phi) is 7.72. The Morgan fingerprint density at radius 1 is 0.677 bits per heavy atom. The molecule has 0 aliphatic carbocycles. The van der Waals surface area contributed by atoms with E-state index in [1.165, 1.54) is 12.1 Å². The molecule has 4 N–H and O–H groups in total. The van der Waals surface area contributed by atoms with E-state index in [9.17, 15) is 35.9 Å². The number of halogens is 6. The van der Waals surface area contributed by atoms with Gasteiger partial charge >= 0.3 is 24.4 Å². The van der Waals surface area contributed by atoms with Crippen molar-refractivity contribution in [3.63, 3.8) is 0 Å². The third-order valence-corrected chi connectivity index (χ3v) is 3.82. The van der Waals surface area contributed by atoms with Crippen LogP contribution in [0.4, 0.5) is 47.3 Å². The molecule has 0 aromatic heterocycles. The van der Waals surface area contributed by atoms with Gasteiger partial charge < -0.3 is 21.3 Å². The van der Waals surface area contributed by atoms with E-state index in [1.54, 1.807) is 0 Å². The highest BCUT2D eigenvalue weighted by Gasteiger charge is 2.31. The number of alkyl halides is 6. The number of nitrogens with one attached hydrogen (secondary N) is 4. The molecule has 12 heteroatoms. The first-order valence-electron chi connectivity index (χ1n) is 8.89. The lowest BCUT2D eigenvalue weighted by molar-refractivity contribution is -0.138. The SMILES string of the molecule is O=C(NCCCNC(=O)Nc1cccc(C(F)(F)F)c1)Nc1cccc(C(F)(F)F)c1. The Morgan fingerprint density at radius 2 is 1.06 bits per heavy atom. The van der Waals surface area contributed by atoms with Gasteiger partial charge in [0.1, 0.15) is 0 Å². The summed E-state index contributed by atoms with van der Waals surface area (Å²) >= 11 is 0. The van der Waals surface area contributed by atoms with Gasteiger partial charge in [-0.1, -0.05) is 12.1 Å². The average molecular weight is 448 g/mol. The molecule has 4 amide bonds. The maximum absolute atomic E-state index is 12.6. The molecule has 2 rings (SSSR count). The summed E-state index contributed by atoms with van der Waals surface area (Å²) in [7, 11) is 0. The Balaban J connectivity index is 1.69. The maximum Gasteiger partial charge on any atom is 0.416 e. The first-order valence-corrected chi connectivity index (χ1v) is 8.89. The lowest BCUT2D eigenvalue weighted by Crippen LogP contribution is -2.34. The third-order valence-electron chi connectivity index (χ3n) is 3.82. The second-order valence-corrected chi connectivity index (χ2v) is 6.27. The molecule has 0 aliphatic heterocycles. The predicted octanol–water partition coefficient (Wildman–Crippen LogP) is 5.06. The van der Waals surface area contributed by atoms with Gasteiger partial charge in [0, 0.05) is 24.5 Å². The minimum atomic E-state index is -4.53. The number of benzene rings is 2. The topological polar surface area (TPSA) is 82.3 Å². The quantitative estimate of drug-likeness (QED) is 0.368. The van der Waals surface area contributed by atoms with E-state index in [0.717, 1.165) is 36.4 Å². The van der Waals surface area contributed by atoms with E-state index in [-0.39, 0.29) is 30.9 Å². The summed E-state index contributed by atoms with van der Waals surface area (Å²) in [5, 5.41) is 9.34. The summed E-state index contributed by atoms with van der Waals surface area (Å²) in [6, 6.07) is 6.79. The minimum absolute atomic E-state index is 0.0362. The first kappa shape index (κ1) is 23.8. The van der Waals surface area contributed by atoms with Crippen molar-refractivity contribution < 1.29 is 35.9 Å². The van der Waals surface area contributed by atoms with Crippen LogP contribution in [0.15, 0.2) is 48.5 Å². The number of anilines is 2. The van der Waals surface area contributed by atoms with Crippen LogP contribution in [-0.4, -0.2) is 25.2 Å². The van der Waals surface area contributed by atoms with E-state index in [0.29, 0.717) is 0 Å². The number of rotatable bonds is 6. The van der Waals surface area contributed by atoms with Gasteiger partial charge in [-0.3, -0.25) is 0 Å². The number of urea groups is 2. The van der Waals surface area contributed by atoms with E-state index in [1.807, 2.05) is 0 Å². The largest absolute Gasteiger partial charge is 0.416 e. The van der Waals surface area contributed by atoms with Gasteiger partial charge in [-0.15, -0.1) is 0 Å². The van der Waals surface area contributed by atoms with Crippen LogP contribution in [0, 0.1) is 0 Å². The van der Waals surface area contributed by atoms with Crippen molar-refractivity contribution in [3.8, 4) is 0 Å². The van der Waals surface area contributed by atoms with Crippen molar-refractivity contribution in [2.24, 2.45) is 0 Å². The van der Waals surface area contributed by atoms with Crippen molar-refractivity contribution in [1.29, 1.82) is 0 Å². The molecule has 31 heavy (non-hydrogen) atoms. The van der Waals surface area contributed by atoms with Gasteiger partial charge in [-0.25, -0.2) is 9.59 Å². The van der Waals surface area contributed by atoms with Crippen LogP contribution in [0.3, 0.4) is 0 Å². The average Bonchev–Trinajstić information content (AvgIpc) is 2.67. The van der Waals surface area contributed by atoms with Crippen LogP contribution < -0.4 is 21.3 Å². The van der Waals surface area contributed by atoms with Crippen LogP contribution in [0.1, 0.15) is 17.5 Å². The fourth-order valence-electron chi connectivity index (χ4n) is 2.39. The van der Waals surface area contributed by atoms with Crippen molar-refractivity contribution in [3.05, 3.63) is 59.7 Å². The lowest BCUT2D eigenvalue weighted by atomic mass is 10.2.